The number of hydrogen-bond donors (Lipinski definition) is 2. The predicted octanol–water partition coefficient (Wildman–Crippen LogP) is 4.11. The number of alkyl halides is 3. The summed E-state index contributed by atoms with van der Waals surface area (Å²) >= 11 is 0. The van der Waals surface area contributed by atoms with E-state index in [0.717, 1.165) is 6.07 Å². The first-order chi connectivity index (χ1) is 14.0. The van der Waals surface area contributed by atoms with Gasteiger partial charge in [-0.15, -0.1) is 0 Å². The molecule has 30 heavy (non-hydrogen) atoms. The maximum absolute atomic E-state index is 13.6. The summed E-state index contributed by atoms with van der Waals surface area (Å²) in [6, 6.07) is 3.25. The van der Waals surface area contributed by atoms with E-state index >= 15 is 0 Å². The molecule has 1 aromatic carbocycles. The third-order valence-corrected chi connectivity index (χ3v) is 6.02. The van der Waals surface area contributed by atoms with E-state index in [-0.39, 0.29) is 18.0 Å². The summed E-state index contributed by atoms with van der Waals surface area (Å²) in [6.07, 6.45) is -3.52. The number of nitrogens with zero attached hydrogens (tertiary/aromatic N) is 1. The maximum atomic E-state index is 13.6. The van der Waals surface area contributed by atoms with Gasteiger partial charge in [-0.05, 0) is 36.6 Å². The van der Waals surface area contributed by atoms with Crippen LogP contribution < -0.4 is 14.8 Å². The van der Waals surface area contributed by atoms with Crippen molar-refractivity contribution in [2.24, 2.45) is 5.92 Å². The van der Waals surface area contributed by atoms with Gasteiger partial charge in [0.2, 0.25) is 10.0 Å². The van der Waals surface area contributed by atoms with E-state index in [9.17, 15) is 26.0 Å². The highest BCUT2D eigenvalue weighted by Gasteiger charge is 2.35. The topological polar surface area (TPSA) is 80.3 Å². The SMILES string of the molecule is CC(C)CCNc1ncc(C(F)(F)F)cc1S(=O)(=O)NC1COc2ccc(F)cc21. The highest BCUT2D eigenvalue weighted by atomic mass is 32.2. The molecule has 6 nitrogen and oxygen atoms in total. The molecule has 3 rings (SSSR count). The van der Waals surface area contributed by atoms with Crippen LogP contribution in [-0.4, -0.2) is 26.6 Å². The number of aromatic nitrogens is 1. The Morgan fingerprint density at radius 2 is 2.00 bits per heavy atom. The summed E-state index contributed by atoms with van der Waals surface area (Å²) < 4.78 is 86.6. The Labute approximate surface area is 171 Å². The monoisotopic (exact) mass is 447 g/mol. The number of benzene rings is 1. The van der Waals surface area contributed by atoms with Crippen molar-refractivity contribution >= 4 is 15.8 Å². The second-order valence-electron chi connectivity index (χ2n) is 7.34. The third-order valence-electron chi connectivity index (χ3n) is 4.53. The second kappa shape index (κ2) is 8.38. The van der Waals surface area contributed by atoms with Crippen LogP contribution in [0.5, 0.6) is 5.75 Å². The van der Waals surface area contributed by atoms with Gasteiger partial charge in [0.15, 0.2) is 0 Å². The first kappa shape index (κ1) is 22.3. The third kappa shape index (κ3) is 5.01. The van der Waals surface area contributed by atoms with Crippen LogP contribution in [0.25, 0.3) is 0 Å². The number of anilines is 1. The van der Waals surface area contributed by atoms with Crippen LogP contribution in [0.1, 0.15) is 37.4 Å². The molecule has 0 bridgehead atoms. The average Bonchev–Trinajstić information content (AvgIpc) is 3.02. The van der Waals surface area contributed by atoms with Crippen LogP contribution in [0.2, 0.25) is 0 Å². The van der Waals surface area contributed by atoms with Crippen molar-refractivity contribution in [3.63, 3.8) is 0 Å². The summed E-state index contributed by atoms with van der Waals surface area (Å²) in [5, 5.41) is 2.79. The number of halogens is 4. The number of ether oxygens (including phenoxy) is 1. The van der Waals surface area contributed by atoms with Gasteiger partial charge < -0.3 is 10.1 Å². The average molecular weight is 447 g/mol. The fourth-order valence-electron chi connectivity index (χ4n) is 2.95. The smallest absolute Gasteiger partial charge is 0.417 e. The Hall–Kier alpha value is -2.40. The van der Waals surface area contributed by atoms with Crippen LogP contribution in [0.15, 0.2) is 35.4 Å². The van der Waals surface area contributed by atoms with Crippen molar-refractivity contribution in [1.29, 1.82) is 0 Å². The number of rotatable bonds is 7. The molecule has 2 aromatic rings. The van der Waals surface area contributed by atoms with Gasteiger partial charge in [-0.3, -0.25) is 0 Å². The van der Waals surface area contributed by atoms with Crippen LogP contribution in [0.4, 0.5) is 23.4 Å². The molecule has 1 unspecified atom stereocenters. The highest BCUT2D eigenvalue weighted by molar-refractivity contribution is 7.89. The van der Waals surface area contributed by atoms with Crippen molar-refractivity contribution in [1.82, 2.24) is 9.71 Å². The number of sulfonamides is 1. The van der Waals surface area contributed by atoms with E-state index in [2.05, 4.69) is 15.0 Å². The molecule has 1 aromatic heterocycles. The summed E-state index contributed by atoms with van der Waals surface area (Å²) in [5.41, 5.74) is -0.917. The van der Waals surface area contributed by atoms with Crippen LogP contribution >= 0.6 is 0 Å². The lowest BCUT2D eigenvalue weighted by molar-refractivity contribution is -0.138. The normalized spacial score (nSPS) is 16.4. The van der Waals surface area contributed by atoms with E-state index in [1.165, 1.54) is 12.1 Å². The maximum Gasteiger partial charge on any atom is 0.417 e. The minimum absolute atomic E-state index is 0.111. The molecule has 0 fully saturated rings. The fourth-order valence-corrected chi connectivity index (χ4v) is 4.31. The fraction of sp³-hybridized carbons (Fsp3) is 0.421. The zero-order chi connectivity index (χ0) is 22.1. The lowest BCUT2D eigenvalue weighted by atomic mass is 10.1. The van der Waals surface area contributed by atoms with Gasteiger partial charge in [-0.1, -0.05) is 13.8 Å². The van der Waals surface area contributed by atoms with Crippen molar-refractivity contribution in [3.05, 3.63) is 47.4 Å². The molecule has 0 amide bonds. The van der Waals surface area contributed by atoms with E-state index in [0.29, 0.717) is 36.9 Å². The minimum Gasteiger partial charge on any atom is -0.491 e. The van der Waals surface area contributed by atoms with E-state index < -0.39 is 38.5 Å². The van der Waals surface area contributed by atoms with Gasteiger partial charge in [0.05, 0.1) is 11.6 Å². The van der Waals surface area contributed by atoms with Crippen LogP contribution in [0, 0.1) is 11.7 Å². The number of fused-ring (bicyclic) bond motifs is 1. The molecular weight excluding hydrogens is 426 g/mol. The quantitative estimate of drug-likeness (QED) is 0.625. The Bertz CT molecular complexity index is 1030. The Balaban J connectivity index is 1.94. The molecule has 1 atom stereocenters. The standard InChI is InChI=1S/C19H21F4N3O3S/c1-11(2)5-6-24-18-17(7-12(9-25-18)19(21,22)23)30(27,28)26-15-10-29-16-4-3-13(20)8-14(15)16/h3-4,7-9,11,15,26H,5-6,10H2,1-2H3,(H,24,25). The summed E-state index contributed by atoms with van der Waals surface area (Å²) in [6.45, 7) is 4.13. The Morgan fingerprint density at radius 1 is 1.27 bits per heavy atom. The van der Waals surface area contributed by atoms with Gasteiger partial charge in [-0.2, -0.15) is 17.9 Å². The largest absolute Gasteiger partial charge is 0.491 e. The molecule has 164 valence electrons. The van der Waals surface area contributed by atoms with E-state index in [1.807, 2.05) is 13.8 Å². The molecular formula is C19H21F4N3O3S. The lowest BCUT2D eigenvalue weighted by Crippen LogP contribution is -2.31. The lowest BCUT2D eigenvalue weighted by Gasteiger charge is -2.17. The molecule has 0 saturated carbocycles. The molecule has 11 heteroatoms. The summed E-state index contributed by atoms with van der Waals surface area (Å²) in [7, 11) is -4.44. The van der Waals surface area contributed by atoms with Gasteiger partial charge in [0.25, 0.3) is 0 Å². The number of hydrogen-bond acceptors (Lipinski definition) is 5. The molecule has 0 saturated heterocycles. The predicted molar refractivity (Wildman–Crippen MR) is 102 cm³/mol. The van der Waals surface area contributed by atoms with E-state index in [4.69, 9.17) is 4.74 Å². The molecule has 2 N–H and O–H groups in total. The van der Waals surface area contributed by atoms with Gasteiger partial charge in [0, 0.05) is 18.3 Å². The van der Waals surface area contributed by atoms with Gasteiger partial charge in [-0.25, -0.2) is 17.8 Å². The number of nitrogens with one attached hydrogen (secondary N) is 2. The molecule has 0 aliphatic carbocycles. The number of pyridine rings is 1. The van der Waals surface area contributed by atoms with E-state index in [1.54, 1.807) is 0 Å². The van der Waals surface area contributed by atoms with Crippen molar-refractivity contribution in [3.8, 4) is 5.75 Å². The summed E-state index contributed by atoms with van der Waals surface area (Å²) in [4.78, 5) is 3.07. The molecule has 1 aliphatic heterocycles. The zero-order valence-corrected chi connectivity index (χ0v) is 17.1. The van der Waals surface area contributed by atoms with Crippen LogP contribution in [0.3, 0.4) is 0 Å². The summed E-state index contributed by atoms with van der Waals surface area (Å²) in [5.74, 6) is -0.163. The first-order valence-electron chi connectivity index (χ1n) is 9.23. The Kier molecular flexibility index (Phi) is 6.23. The Morgan fingerprint density at radius 3 is 2.67 bits per heavy atom. The molecule has 1 aliphatic rings. The zero-order valence-electron chi connectivity index (χ0n) is 16.3. The molecule has 2 heterocycles. The van der Waals surface area contributed by atoms with Crippen molar-refractivity contribution < 1.29 is 30.7 Å². The molecule has 0 spiro atoms. The van der Waals surface area contributed by atoms with Crippen molar-refractivity contribution in [2.45, 2.75) is 37.4 Å². The van der Waals surface area contributed by atoms with Crippen LogP contribution in [-0.2, 0) is 16.2 Å². The molecule has 0 radical (unpaired) electrons. The van der Waals surface area contributed by atoms with Gasteiger partial charge >= 0.3 is 6.18 Å². The first-order valence-corrected chi connectivity index (χ1v) is 10.7. The highest BCUT2D eigenvalue weighted by Crippen LogP contribution is 2.36. The second-order valence-corrected chi connectivity index (χ2v) is 9.03. The minimum atomic E-state index is -4.76. The van der Waals surface area contributed by atoms with Gasteiger partial charge in [0.1, 0.15) is 28.9 Å². The van der Waals surface area contributed by atoms with Crippen molar-refractivity contribution in [2.75, 3.05) is 18.5 Å².